The lowest BCUT2D eigenvalue weighted by atomic mass is 10.1. The quantitative estimate of drug-likeness (QED) is 0.821. The lowest BCUT2D eigenvalue weighted by molar-refractivity contribution is 0.566. The molecule has 0 radical (unpaired) electrons. The predicted octanol–water partition coefficient (Wildman–Crippen LogP) is 1.93. The summed E-state index contributed by atoms with van der Waals surface area (Å²) in [7, 11) is 0. The van der Waals surface area contributed by atoms with Gasteiger partial charge in [0, 0.05) is 12.6 Å². The monoisotopic (exact) mass is 208 g/mol. The van der Waals surface area contributed by atoms with Gasteiger partial charge in [-0.3, -0.25) is 0 Å². The van der Waals surface area contributed by atoms with E-state index in [0.29, 0.717) is 17.6 Å². The summed E-state index contributed by atoms with van der Waals surface area (Å²) in [4.78, 5) is 10.4. The lowest BCUT2D eigenvalue weighted by Gasteiger charge is -2.30. The van der Waals surface area contributed by atoms with E-state index in [-0.39, 0.29) is 0 Å². The van der Waals surface area contributed by atoms with Gasteiger partial charge in [-0.2, -0.15) is 0 Å². The van der Waals surface area contributed by atoms with Gasteiger partial charge in [0.1, 0.15) is 6.33 Å². The summed E-state index contributed by atoms with van der Waals surface area (Å²) >= 11 is 0. The lowest BCUT2D eigenvalue weighted by Crippen LogP contribution is -2.35. The summed E-state index contributed by atoms with van der Waals surface area (Å²) < 4.78 is 0. The highest BCUT2D eigenvalue weighted by Crippen LogP contribution is 2.21. The van der Waals surface area contributed by atoms with E-state index in [4.69, 9.17) is 5.73 Å². The Morgan fingerprint density at radius 2 is 2.00 bits per heavy atom. The number of nitrogens with zero attached hydrogens (tertiary/aromatic N) is 3. The molecule has 0 saturated carbocycles. The zero-order valence-corrected chi connectivity index (χ0v) is 9.94. The van der Waals surface area contributed by atoms with Gasteiger partial charge >= 0.3 is 0 Å². The van der Waals surface area contributed by atoms with Crippen molar-refractivity contribution in [2.75, 3.05) is 17.2 Å². The Hall–Kier alpha value is -1.32. The Morgan fingerprint density at radius 1 is 1.33 bits per heavy atom. The standard InChI is InChI=1S/C11H20N4/c1-8(2)6-15(9(3)4)11-10(12)5-13-7-14-11/h5,7-9H,6,12H2,1-4H3. The van der Waals surface area contributed by atoms with E-state index in [9.17, 15) is 0 Å². The predicted molar refractivity (Wildman–Crippen MR) is 63.8 cm³/mol. The molecule has 0 amide bonds. The zero-order chi connectivity index (χ0) is 11.4. The van der Waals surface area contributed by atoms with Gasteiger partial charge in [0.25, 0.3) is 0 Å². The van der Waals surface area contributed by atoms with Crippen LogP contribution in [0.5, 0.6) is 0 Å². The molecule has 4 nitrogen and oxygen atoms in total. The van der Waals surface area contributed by atoms with Crippen LogP contribution in [0.15, 0.2) is 12.5 Å². The molecule has 1 heterocycles. The third kappa shape index (κ3) is 3.08. The van der Waals surface area contributed by atoms with Crippen LogP contribution in [0, 0.1) is 5.92 Å². The second-order valence-corrected chi connectivity index (χ2v) is 4.44. The second kappa shape index (κ2) is 4.96. The first-order chi connectivity index (χ1) is 7.02. The number of rotatable bonds is 4. The third-order valence-corrected chi connectivity index (χ3v) is 2.18. The van der Waals surface area contributed by atoms with Crippen molar-refractivity contribution in [1.82, 2.24) is 9.97 Å². The minimum atomic E-state index is 0.393. The van der Waals surface area contributed by atoms with E-state index >= 15 is 0 Å². The smallest absolute Gasteiger partial charge is 0.155 e. The Balaban J connectivity index is 2.94. The SMILES string of the molecule is CC(C)CN(c1ncncc1N)C(C)C. The van der Waals surface area contributed by atoms with Crippen LogP contribution in [0.25, 0.3) is 0 Å². The molecule has 0 aliphatic rings. The van der Waals surface area contributed by atoms with E-state index in [1.54, 1.807) is 12.5 Å². The highest BCUT2D eigenvalue weighted by atomic mass is 15.2. The molecule has 2 N–H and O–H groups in total. The topological polar surface area (TPSA) is 55.0 Å². The Labute approximate surface area is 91.5 Å². The highest BCUT2D eigenvalue weighted by molar-refractivity contribution is 5.61. The van der Waals surface area contributed by atoms with Crippen molar-refractivity contribution >= 4 is 11.5 Å². The van der Waals surface area contributed by atoms with Crippen molar-refractivity contribution in [3.05, 3.63) is 12.5 Å². The van der Waals surface area contributed by atoms with Crippen LogP contribution < -0.4 is 10.6 Å². The third-order valence-electron chi connectivity index (χ3n) is 2.18. The molecular weight excluding hydrogens is 188 g/mol. The average molecular weight is 208 g/mol. The van der Waals surface area contributed by atoms with E-state index < -0.39 is 0 Å². The van der Waals surface area contributed by atoms with Crippen molar-refractivity contribution in [3.8, 4) is 0 Å². The van der Waals surface area contributed by atoms with E-state index in [0.717, 1.165) is 12.4 Å². The molecule has 0 unspecified atom stereocenters. The van der Waals surface area contributed by atoms with Gasteiger partial charge in [-0.05, 0) is 19.8 Å². The van der Waals surface area contributed by atoms with Crippen LogP contribution in [0.1, 0.15) is 27.7 Å². The van der Waals surface area contributed by atoms with E-state index in [2.05, 4.69) is 42.6 Å². The van der Waals surface area contributed by atoms with E-state index in [1.807, 2.05) is 0 Å². The summed E-state index contributed by atoms with van der Waals surface area (Å²) in [6.07, 6.45) is 3.19. The Bertz CT molecular complexity index is 309. The molecule has 0 bridgehead atoms. The first-order valence-corrected chi connectivity index (χ1v) is 5.34. The minimum absolute atomic E-state index is 0.393. The van der Waals surface area contributed by atoms with Crippen molar-refractivity contribution in [3.63, 3.8) is 0 Å². The Morgan fingerprint density at radius 3 is 2.47 bits per heavy atom. The van der Waals surface area contributed by atoms with Gasteiger partial charge in [0.05, 0.1) is 11.9 Å². The van der Waals surface area contributed by atoms with Crippen LogP contribution in [0.2, 0.25) is 0 Å². The van der Waals surface area contributed by atoms with Crippen molar-refractivity contribution in [2.24, 2.45) is 5.92 Å². The molecule has 4 heteroatoms. The molecule has 0 aliphatic heterocycles. The largest absolute Gasteiger partial charge is 0.394 e. The molecule has 0 spiro atoms. The normalized spacial score (nSPS) is 11.1. The highest BCUT2D eigenvalue weighted by Gasteiger charge is 2.15. The molecule has 0 aromatic carbocycles. The molecule has 0 aliphatic carbocycles. The first-order valence-electron chi connectivity index (χ1n) is 5.34. The first kappa shape index (κ1) is 11.8. The summed E-state index contributed by atoms with van der Waals surface area (Å²) in [6.45, 7) is 9.62. The van der Waals surface area contributed by atoms with Crippen molar-refractivity contribution in [1.29, 1.82) is 0 Å². The summed E-state index contributed by atoms with van der Waals surface area (Å²) in [5, 5.41) is 0. The second-order valence-electron chi connectivity index (χ2n) is 4.44. The van der Waals surface area contributed by atoms with Gasteiger partial charge < -0.3 is 10.6 Å². The number of nitrogen functional groups attached to an aromatic ring is 1. The van der Waals surface area contributed by atoms with Crippen LogP contribution in [0.4, 0.5) is 11.5 Å². The minimum Gasteiger partial charge on any atom is -0.394 e. The molecule has 0 fully saturated rings. The Kier molecular flexibility index (Phi) is 3.88. The molecule has 15 heavy (non-hydrogen) atoms. The van der Waals surface area contributed by atoms with Crippen molar-refractivity contribution < 1.29 is 0 Å². The van der Waals surface area contributed by atoms with Gasteiger partial charge in [-0.15, -0.1) is 0 Å². The molecule has 1 aromatic heterocycles. The van der Waals surface area contributed by atoms with Crippen LogP contribution >= 0.6 is 0 Å². The number of anilines is 2. The maximum absolute atomic E-state index is 5.87. The maximum Gasteiger partial charge on any atom is 0.155 e. The molecule has 1 aromatic rings. The van der Waals surface area contributed by atoms with Gasteiger partial charge in [-0.1, -0.05) is 13.8 Å². The summed E-state index contributed by atoms with van der Waals surface area (Å²) in [6, 6.07) is 0.393. The van der Waals surface area contributed by atoms with Crippen LogP contribution in [0.3, 0.4) is 0 Å². The van der Waals surface area contributed by atoms with Gasteiger partial charge in [-0.25, -0.2) is 9.97 Å². The van der Waals surface area contributed by atoms with Crippen molar-refractivity contribution in [2.45, 2.75) is 33.7 Å². The number of hydrogen-bond donors (Lipinski definition) is 1. The number of aromatic nitrogens is 2. The molecule has 84 valence electrons. The maximum atomic E-state index is 5.87. The van der Waals surface area contributed by atoms with Gasteiger partial charge in [0.2, 0.25) is 0 Å². The number of nitrogens with two attached hydrogens (primary N) is 1. The molecule has 1 rings (SSSR count). The fourth-order valence-corrected chi connectivity index (χ4v) is 1.51. The molecule has 0 atom stereocenters. The van der Waals surface area contributed by atoms with Crippen LogP contribution in [-0.2, 0) is 0 Å². The van der Waals surface area contributed by atoms with Gasteiger partial charge in [0.15, 0.2) is 5.82 Å². The fraction of sp³-hybridized carbons (Fsp3) is 0.636. The number of hydrogen-bond acceptors (Lipinski definition) is 4. The average Bonchev–Trinajstić information content (AvgIpc) is 2.15. The van der Waals surface area contributed by atoms with Crippen LogP contribution in [-0.4, -0.2) is 22.6 Å². The molecule has 0 saturated heterocycles. The summed E-state index contributed by atoms with van der Waals surface area (Å²) in [5.74, 6) is 1.43. The van der Waals surface area contributed by atoms with E-state index in [1.165, 1.54) is 0 Å². The summed E-state index contributed by atoms with van der Waals surface area (Å²) in [5.41, 5.74) is 6.51. The zero-order valence-electron chi connectivity index (χ0n) is 9.94. The fourth-order valence-electron chi connectivity index (χ4n) is 1.51. The molecular formula is C11H20N4.